The second kappa shape index (κ2) is 4.67. The molecule has 0 spiro atoms. The predicted molar refractivity (Wildman–Crippen MR) is 75.0 cm³/mol. The molecule has 0 bridgehead atoms. The van der Waals surface area contributed by atoms with Crippen LogP contribution in [0.1, 0.15) is 34.5 Å². The van der Waals surface area contributed by atoms with Crippen LogP contribution in [0.15, 0.2) is 18.2 Å². The molecule has 90 valence electrons. The topological polar surface area (TPSA) is 38.9 Å². The van der Waals surface area contributed by atoms with Gasteiger partial charge in [0.25, 0.3) is 0 Å². The van der Waals surface area contributed by atoms with E-state index in [2.05, 4.69) is 18.0 Å². The molecule has 1 aromatic heterocycles. The maximum atomic E-state index is 6.15. The highest BCUT2D eigenvalue weighted by atomic mass is 35.5. The highest BCUT2D eigenvalue weighted by molar-refractivity contribution is 7.15. The highest BCUT2D eigenvalue weighted by Crippen LogP contribution is 2.33. The summed E-state index contributed by atoms with van der Waals surface area (Å²) in [5.74, 6) is 0.280. The third-order valence-electron chi connectivity index (χ3n) is 2.94. The van der Waals surface area contributed by atoms with Gasteiger partial charge >= 0.3 is 0 Å². The number of nitrogens with two attached hydrogens (primary N) is 1. The third-order valence-corrected chi connectivity index (χ3v) is 4.51. The van der Waals surface area contributed by atoms with Crippen LogP contribution in [0, 0.1) is 13.8 Å². The number of anilines is 1. The normalized spacial score (nSPS) is 12.7. The van der Waals surface area contributed by atoms with Crippen LogP contribution in [0.3, 0.4) is 0 Å². The molecule has 0 fully saturated rings. The zero-order valence-electron chi connectivity index (χ0n) is 10.1. The first-order valence-corrected chi connectivity index (χ1v) is 6.67. The van der Waals surface area contributed by atoms with E-state index in [1.165, 1.54) is 10.4 Å². The molecule has 1 atom stereocenters. The van der Waals surface area contributed by atoms with Gasteiger partial charge in [0.1, 0.15) is 0 Å². The van der Waals surface area contributed by atoms with E-state index in [4.69, 9.17) is 17.3 Å². The van der Waals surface area contributed by atoms with E-state index in [0.29, 0.717) is 5.13 Å². The van der Waals surface area contributed by atoms with Crippen molar-refractivity contribution in [2.24, 2.45) is 0 Å². The van der Waals surface area contributed by atoms with Crippen LogP contribution in [0.25, 0.3) is 0 Å². The van der Waals surface area contributed by atoms with Crippen molar-refractivity contribution in [2.45, 2.75) is 26.7 Å². The van der Waals surface area contributed by atoms with Gasteiger partial charge in [0.2, 0.25) is 0 Å². The Hall–Kier alpha value is -1.06. The van der Waals surface area contributed by atoms with Crippen molar-refractivity contribution in [1.29, 1.82) is 0 Å². The Balaban J connectivity index is 2.40. The van der Waals surface area contributed by atoms with Gasteiger partial charge in [-0.05, 0) is 31.0 Å². The van der Waals surface area contributed by atoms with Crippen LogP contribution >= 0.6 is 22.9 Å². The standard InChI is InChI=1S/C13H15ClN2S/c1-7-4-5-10(6-11(7)14)8(2)12-9(3)16-13(15)17-12/h4-6,8H,1-3H3,(H2,15,16). The zero-order valence-corrected chi connectivity index (χ0v) is 11.7. The van der Waals surface area contributed by atoms with E-state index in [1.54, 1.807) is 11.3 Å². The molecule has 17 heavy (non-hydrogen) atoms. The molecular formula is C13H15ClN2S. The van der Waals surface area contributed by atoms with E-state index in [0.717, 1.165) is 16.3 Å². The first kappa shape index (κ1) is 12.4. The van der Waals surface area contributed by atoms with Gasteiger partial charge < -0.3 is 5.73 Å². The van der Waals surface area contributed by atoms with Gasteiger partial charge in [-0.1, -0.05) is 30.7 Å². The van der Waals surface area contributed by atoms with Crippen LogP contribution < -0.4 is 5.73 Å². The summed E-state index contributed by atoms with van der Waals surface area (Å²) in [6, 6.07) is 6.19. The molecule has 1 heterocycles. The number of thiazole rings is 1. The molecule has 0 saturated heterocycles. The van der Waals surface area contributed by atoms with Crippen molar-refractivity contribution >= 4 is 28.1 Å². The van der Waals surface area contributed by atoms with E-state index in [1.807, 2.05) is 26.0 Å². The molecule has 0 aliphatic carbocycles. The van der Waals surface area contributed by atoms with Gasteiger partial charge in [-0.15, -0.1) is 11.3 Å². The Labute approximate surface area is 110 Å². The molecule has 1 aromatic carbocycles. The van der Waals surface area contributed by atoms with Gasteiger partial charge in [-0.2, -0.15) is 0 Å². The van der Waals surface area contributed by atoms with Crippen molar-refractivity contribution in [2.75, 3.05) is 5.73 Å². The number of nitrogens with zero attached hydrogens (tertiary/aromatic N) is 1. The van der Waals surface area contributed by atoms with Gasteiger partial charge in [-0.3, -0.25) is 0 Å². The van der Waals surface area contributed by atoms with E-state index in [-0.39, 0.29) is 5.92 Å². The summed E-state index contributed by atoms with van der Waals surface area (Å²) in [5, 5.41) is 1.44. The molecule has 2 N–H and O–H groups in total. The average molecular weight is 267 g/mol. The molecule has 0 saturated carbocycles. The first-order valence-electron chi connectivity index (χ1n) is 5.48. The maximum absolute atomic E-state index is 6.15. The summed E-state index contributed by atoms with van der Waals surface area (Å²) in [6.07, 6.45) is 0. The quantitative estimate of drug-likeness (QED) is 0.887. The number of nitrogen functional groups attached to an aromatic ring is 1. The van der Waals surface area contributed by atoms with Crippen molar-refractivity contribution in [3.8, 4) is 0 Å². The fourth-order valence-electron chi connectivity index (χ4n) is 1.86. The lowest BCUT2D eigenvalue weighted by Gasteiger charge is -2.11. The van der Waals surface area contributed by atoms with Crippen molar-refractivity contribution in [3.05, 3.63) is 44.9 Å². The predicted octanol–water partition coefficient (Wildman–Crippen LogP) is 4.15. The third kappa shape index (κ3) is 2.45. The van der Waals surface area contributed by atoms with E-state index in [9.17, 15) is 0 Å². The number of aryl methyl sites for hydroxylation is 2. The van der Waals surface area contributed by atoms with Gasteiger partial charge in [0, 0.05) is 15.8 Å². The van der Waals surface area contributed by atoms with Crippen molar-refractivity contribution in [3.63, 3.8) is 0 Å². The van der Waals surface area contributed by atoms with Crippen molar-refractivity contribution in [1.82, 2.24) is 4.98 Å². The van der Waals surface area contributed by atoms with Gasteiger partial charge in [0.05, 0.1) is 5.69 Å². The lowest BCUT2D eigenvalue weighted by molar-refractivity contribution is 0.926. The molecule has 0 amide bonds. The Morgan fingerprint density at radius 1 is 1.35 bits per heavy atom. The molecule has 4 heteroatoms. The SMILES string of the molecule is Cc1ccc(C(C)c2sc(N)nc2C)cc1Cl. The smallest absolute Gasteiger partial charge is 0.180 e. The number of benzene rings is 1. The van der Waals surface area contributed by atoms with Crippen LogP contribution in [-0.2, 0) is 0 Å². The number of rotatable bonds is 2. The van der Waals surface area contributed by atoms with Gasteiger partial charge in [-0.25, -0.2) is 4.98 Å². The highest BCUT2D eigenvalue weighted by Gasteiger charge is 2.15. The summed E-state index contributed by atoms with van der Waals surface area (Å²) in [6.45, 7) is 6.15. The average Bonchev–Trinajstić information content (AvgIpc) is 2.61. The lowest BCUT2D eigenvalue weighted by Crippen LogP contribution is -1.96. The summed E-state index contributed by atoms with van der Waals surface area (Å²) >= 11 is 7.70. The van der Waals surface area contributed by atoms with Crippen LogP contribution in [0.2, 0.25) is 5.02 Å². The number of halogens is 1. The van der Waals surface area contributed by atoms with Crippen LogP contribution in [0.4, 0.5) is 5.13 Å². The number of hydrogen-bond donors (Lipinski definition) is 1. The Bertz CT molecular complexity index is 548. The summed E-state index contributed by atoms with van der Waals surface area (Å²) < 4.78 is 0. The van der Waals surface area contributed by atoms with E-state index >= 15 is 0 Å². The first-order chi connectivity index (χ1) is 7.99. The molecule has 2 aromatic rings. The fraction of sp³-hybridized carbons (Fsp3) is 0.308. The molecule has 2 rings (SSSR count). The Morgan fingerprint density at radius 2 is 2.06 bits per heavy atom. The second-order valence-corrected chi connectivity index (χ2v) is 5.70. The molecule has 0 aliphatic heterocycles. The van der Waals surface area contributed by atoms with Crippen LogP contribution in [-0.4, -0.2) is 4.98 Å². The fourth-order valence-corrected chi connectivity index (χ4v) is 2.96. The summed E-state index contributed by atoms with van der Waals surface area (Å²) in [5.41, 5.74) is 9.04. The molecule has 2 nitrogen and oxygen atoms in total. The monoisotopic (exact) mass is 266 g/mol. The molecule has 0 radical (unpaired) electrons. The minimum Gasteiger partial charge on any atom is -0.375 e. The summed E-state index contributed by atoms with van der Waals surface area (Å²) in [4.78, 5) is 5.47. The number of hydrogen-bond acceptors (Lipinski definition) is 3. The second-order valence-electron chi connectivity index (χ2n) is 4.23. The van der Waals surface area contributed by atoms with E-state index < -0.39 is 0 Å². The molecule has 0 aliphatic rings. The largest absolute Gasteiger partial charge is 0.375 e. The summed E-state index contributed by atoms with van der Waals surface area (Å²) in [7, 11) is 0. The molecule has 1 unspecified atom stereocenters. The lowest BCUT2D eigenvalue weighted by atomic mass is 9.97. The zero-order chi connectivity index (χ0) is 12.6. The van der Waals surface area contributed by atoms with Crippen LogP contribution in [0.5, 0.6) is 0 Å². The maximum Gasteiger partial charge on any atom is 0.180 e. The molecular weight excluding hydrogens is 252 g/mol. The van der Waals surface area contributed by atoms with Crippen molar-refractivity contribution < 1.29 is 0 Å². The Kier molecular flexibility index (Phi) is 3.40. The number of aromatic nitrogens is 1. The van der Waals surface area contributed by atoms with Gasteiger partial charge in [0.15, 0.2) is 5.13 Å². The minimum atomic E-state index is 0.280. The Morgan fingerprint density at radius 3 is 2.59 bits per heavy atom. The minimum absolute atomic E-state index is 0.280.